The summed E-state index contributed by atoms with van der Waals surface area (Å²) in [6.45, 7) is 2.67. The first-order valence-electron chi connectivity index (χ1n) is 8.90. The quantitative estimate of drug-likeness (QED) is 0.724. The van der Waals surface area contributed by atoms with Crippen molar-refractivity contribution in [3.05, 3.63) is 58.0 Å². The van der Waals surface area contributed by atoms with E-state index in [0.29, 0.717) is 18.3 Å². The third-order valence-corrected chi connectivity index (χ3v) is 5.17. The van der Waals surface area contributed by atoms with E-state index < -0.39 is 0 Å². The topological polar surface area (TPSA) is 91.6 Å². The number of fused-ring (bicyclic) bond motifs is 4. The average molecular weight is 356 g/mol. The molecule has 0 aliphatic carbocycles. The maximum atomic E-state index is 12.7. The van der Waals surface area contributed by atoms with Crippen LogP contribution in [0.2, 0.25) is 0 Å². The molecule has 0 radical (unpaired) electrons. The van der Waals surface area contributed by atoms with Gasteiger partial charge in [-0.1, -0.05) is 24.3 Å². The highest BCUT2D eigenvalue weighted by atomic mass is 16.3. The summed E-state index contributed by atoms with van der Waals surface area (Å²) in [5, 5.41) is 19.7. The smallest absolute Gasteiger partial charge is 0.290 e. The van der Waals surface area contributed by atoms with Crippen molar-refractivity contribution in [2.45, 2.75) is 25.3 Å². The number of piperidine rings is 1. The number of pyridine rings is 1. The van der Waals surface area contributed by atoms with Gasteiger partial charge in [0.15, 0.2) is 0 Å². The number of aromatic nitrogens is 1. The molecular weight excluding hydrogens is 332 g/mol. The first-order chi connectivity index (χ1) is 12.7. The zero-order valence-electron chi connectivity index (χ0n) is 14.6. The number of aliphatic hydroxyl groups excluding tert-OH is 1. The Hall–Kier alpha value is -2.44. The minimum Gasteiger partial charge on any atom is -0.483 e. The van der Waals surface area contributed by atoms with Gasteiger partial charge in [0.25, 0.3) is 12.0 Å². The Balaban J connectivity index is 0.000000613. The fourth-order valence-electron chi connectivity index (χ4n) is 4.10. The van der Waals surface area contributed by atoms with E-state index in [0.717, 1.165) is 42.0 Å². The summed E-state index contributed by atoms with van der Waals surface area (Å²) in [7, 11) is 0. The predicted octanol–water partition coefficient (Wildman–Crippen LogP) is 1.46. The van der Waals surface area contributed by atoms with E-state index >= 15 is 0 Å². The minimum atomic E-state index is -0.250. The molecule has 1 aromatic carbocycles. The summed E-state index contributed by atoms with van der Waals surface area (Å²) in [5.74, 6) is 1.01. The summed E-state index contributed by atoms with van der Waals surface area (Å²) in [4.78, 5) is 21.0. The Morgan fingerprint density at radius 2 is 2.00 bits per heavy atom. The summed E-state index contributed by atoms with van der Waals surface area (Å²) < 4.78 is 1.97. The van der Waals surface area contributed by atoms with Crippen molar-refractivity contribution in [3.8, 4) is 11.1 Å². The number of benzene rings is 1. The van der Waals surface area contributed by atoms with Crippen LogP contribution in [0.5, 0.6) is 0 Å². The molecule has 2 bridgehead atoms. The molecule has 2 aliphatic heterocycles. The minimum absolute atomic E-state index is 0.105. The van der Waals surface area contributed by atoms with Crippen LogP contribution < -0.4 is 10.9 Å². The van der Waals surface area contributed by atoms with Crippen LogP contribution in [0, 0.1) is 5.92 Å². The van der Waals surface area contributed by atoms with E-state index in [1.807, 2.05) is 28.8 Å². The molecule has 1 aromatic heterocycles. The fourth-order valence-corrected chi connectivity index (χ4v) is 4.10. The molecule has 0 saturated carbocycles. The first-order valence-corrected chi connectivity index (χ1v) is 8.90. The second-order valence-corrected chi connectivity index (χ2v) is 6.81. The van der Waals surface area contributed by atoms with Gasteiger partial charge in [-0.15, -0.1) is 0 Å². The van der Waals surface area contributed by atoms with E-state index in [-0.39, 0.29) is 18.6 Å². The zero-order valence-corrected chi connectivity index (χ0v) is 14.6. The maximum Gasteiger partial charge on any atom is 0.290 e. The Kier molecular flexibility index (Phi) is 5.85. The van der Waals surface area contributed by atoms with Gasteiger partial charge in [0.05, 0.1) is 0 Å². The Labute approximate surface area is 152 Å². The fraction of sp³-hybridized carbons (Fsp3) is 0.400. The Bertz CT molecular complexity index is 831. The van der Waals surface area contributed by atoms with Gasteiger partial charge in [-0.25, -0.2) is 0 Å². The molecule has 2 aliphatic rings. The molecular formula is C20H24N2O4. The largest absolute Gasteiger partial charge is 0.483 e. The molecule has 0 amide bonds. The lowest BCUT2D eigenvalue weighted by molar-refractivity contribution is -0.122. The van der Waals surface area contributed by atoms with E-state index in [2.05, 4.69) is 11.4 Å². The summed E-state index contributed by atoms with van der Waals surface area (Å²) in [6, 6.07) is 12.0. The molecule has 6 heteroatoms. The molecule has 3 heterocycles. The Morgan fingerprint density at radius 1 is 1.23 bits per heavy atom. The van der Waals surface area contributed by atoms with Crippen LogP contribution in [0.1, 0.15) is 23.6 Å². The molecule has 3 N–H and O–H groups in total. The van der Waals surface area contributed by atoms with Crippen molar-refractivity contribution >= 4 is 6.47 Å². The molecule has 138 valence electrons. The normalized spacial score (nSPS) is 20.5. The SMILES string of the molecule is O=CO.O=c1cc(-c2ccccc2CCO)cc2n1C[C@@H]1CNC[C@H]2C1. The molecule has 26 heavy (non-hydrogen) atoms. The van der Waals surface area contributed by atoms with Gasteiger partial charge in [0, 0.05) is 37.4 Å². The lowest BCUT2D eigenvalue weighted by atomic mass is 9.83. The lowest BCUT2D eigenvalue weighted by Crippen LogP contribution is -2.44. The molecule has 2 aromatic rings. The van der Waals surface area contributed by atoms with Crippen molar-refractivity contribution in [1.82, 2.24) is 9.88 Å². The lowest BCUT2D eigenvalue weighted by Gasteiger charge is -2.37. The van der Waals surface area contributed by atoms with Gasteiger partial charge in [-0.2, -0.15) is 0 Å². The third kappa shape index (κ3) is 3.71. The van der Waals surface area contributed by atoms with E-state index in [4.69, 9.17) is 9.90 Å². The van der Waals surface area contributed by atoms with Crippen LogP contribution in [0.4, 0.5) is 0 Å². The van der Waals surface area contributed by atoms with E-state index in [1.54, 1.807) is 6.07 Å². The Morgan fingerprint density at radius 3 is 2.77 bits per heavy atom. The number of rotatable bonds is 3. The number of nitrogens with zero attached hydrogens (tertiary/aromatic N) is 1. The van der Waals surface area contributed by atoms with Gasteiger partial charge in [0.1, 0.15) is 0 Å². The highest BCUT2D eigenvalue weighted by molar-refractivity contribution is 5.67. The van der Waals surface area contributed by atoms with Gasteiger partial charge in [-0.05, 0) is 48.1 Å². The van der Waals surface area contributed by atoms with Crippen LogP contribution in [-0.2, 0) is 17.8 Å². The molecule has 0 unspecified atom stereocenters. The van der Waals surface area contributed by atoms with Gasteiger partial charge < -0.3 is 20.1 Å². The maximum absolute atomic E-state index is 12.7. The summed E-state index contributed by atoms with van der Waals surface area (Å²) in [5.41, 5.74) is 4.40. The number of aliphatic hydroxyl groups is 1. The molecule has 1 fully saturated rings. The summed E-state index contributed by atoms with van der Waals surface area (Å²) >= 11 is 0. The number of carbonyl (C=O) groups is 1. The van der Waals surface area contributed by atoms with Crippen LogP contribution in [-0.4, -0.2) is 40.9 Å². The molecule has 6 nitrogen and oxygen atoms in total. The van der Waals surface area contributed by atoms with Crippen molar-refractivity contribution < 1.29 is 15.0 Å². The summed E-state index contributed by atoms with van der Waals surface area (Å²) in [6.07, 6.45) is 1.79. The molecule has 4 rings (SSSR count). The average Bonchev–Trinajstić information content (AvgIpc) is 2.64. The molecule has 2 atom stereocenters. The van der Waals surface area contributed by atoms with E-state index in [1.165, 1.54) is 6.42 Å². The number of hydrogen-bond donors (Lipinski definition) is 3. The molecule has 0 spiro atoms. The van der Waals surface area contributed by atoms with Crippen molar-refractivity contribution in [2.75, 3.05) is 19.7 Å². The predicted molar refractivity (Wildman–Crippen MR) is 99.3 cm³/mol. The standard InChI is InChI=1S/C19H22N2O2.CH2O2/c22-6-5-14-3-1-2-4-17(14)15-8-18-16-7-13(10-20-11-16)12-21(18)19(23)9-15;2-1-3/h1-4,8-9,13,16,20,22H,5-7,10-12H2;1H,(H,2,3)/t13-,16+;/m0./s1. The highest BCUT2D eigenvalue weighted by Gasteiger charge is 2.31. The number of nitrogens with one attached hydrogen (secondary N) is 1. The highest BCUT2D eigenvalue weighted by Crippen LogP contribution is 2.34. The van der Waals surface area contributed by atoms with E-state index in [9.17, 15) is 9.90 Å². The first kappa shape index (κ1) is 18.4. The van der Waals surface area contributed by atoms with Crippen LogP contribution in [0.15, 0.2) is 41.2 Å². The van der Waals surface area contributed by atoms with Crippen molar-refractivity contribution in [2.24, 2.45) is 5.92 Å². The monoisotopic (exact) mass is 356 g/mol. The van der Waals surface area contributed by atoms with Gasteiger partial charge >= 0.3 is 0 Å². The second kappa shape index (κ2) is 8.29. The van der Waals surface area contributed by atoms with Gasteiger partial charge in [0.2, 0.25) is 0 Å². The van der Waals surface area contributed by atoms with Crippen LogP contribution in [0.3, 0.4) is 0 Å². The van der Waals surface area contributed by atoms with Crippen LogP contribution in [0.25, 0.3) is 11.1 Å². The zero-order chi connectivity index (χ0) is 18.5. The van der Waals surface area contributed by atoms with Gasteiger partial charge in [-0.3, -0.25) is 9.59 Å². The second-order valence-electron chi connectivity index (χ2n) is 6.81. The van der Waals surface area contributed by atoms with Crippen LogP contribution >= 0.6 is 0 Å². The van der Waals surface area contributed by atoms with Crippen molar-refractivity contribution in [1.29, 1.82) is 0 Å². The molecule has 1 saturated heterocycles. The number of carboxylic acid groups (broad SMARTS) is 1. The number of hydrogen-bond acceptors (Lipinski definition) is 4. The van der Waals surface area contributed by atoms with Crippen molar-refractivity contribution in [3.63, 3.8) is 0 Å². The third-order valence-electron chi connectivity index (χ3n) is 5.17.